The lowest BCUT2D eigenvalue weighted by Crippen LogP contribution is -2.49. The number of hydrazine groups is 1. The number of carbonyl (C=O) groups excluding carboxylic acids is 1. The molecular weight excluding hydrogens is 334 g/mol. The number of piperidine rings is 1. The molecule has 0 radical (unpaired) electrons. The van der Waals surface area contributed by atoms with Crippen LogP contribution in [0.2, 0.25) is 0 Å². The summed E-state index contributed by atoms with van der Waals surface area (Å²) in [7, 11) is 0. The minimum Gasteiger partial charge on any atom is -0.346 e. The average molecular weight is 357 g/mol. The van der Waals surface area contributed by atoms with Crippen molar-refractivity contribution in [1.82, 2.24) is 26.5 Å². The van der Waals surface area contributed by atoms with Gasteiger partial charge in [0.25, 0.3) is 0 Å². The lowest BCUT2D eigenvalue weighted by molar-refractivity contribution is -0.124. The summed E-state index contributed by atoms with van der Waals surface area (Å²) >= 11 is 1.59. The van der Waals surface area contributed by atoms with E-state index in [2.05, 4.69) is 21.5 Å². The smallest absolute Gasteiger partial charge is 0.239 e. The molecule has 2 aromatic rings. The van der Waals surface area contributed by atoms with E-state index in [9.17, 15) is 4.79 Å². The Morgan fingerprint density at radius 1 is 1.32 bits per heavy atom. The molecule has 2 aliphatic rings. The monoisotopic (exact) mass is 357 g/mol. The van der Waals surface area contributed by atoms with Crippen LogP contribution in [0.5, 0.6) is 0 Å². The van der Waals surface area contributed by atoms with Gasteiger partial charge in [-0.15, -0.1) is 11.3 Å². The van der Waals surface area contributed by atoms with Gasteiger partial charge >= 0.3 is 0 Å². The number of amides is 1. The number of carbonyl (C=O) groups is 1. The fourth-order valence-corrected chi connectivity index (χ4v) is 4.40. The highest BCUT2D eigenvalue weighted by atomic mass is 32.1. The van der Waals surface area contributed by atoms with Crippen LogP contribution in [-0.4, -0.2) is 36.1 Å². The van der Waals surface area contributed by atoms with Gasteiger partial charge in [0.15, 0.2) is 0 Å². The Balaban J connectivity index is 1.41. The number of hydrogen-bond acceptors (Lipinski definition) is 6. The highest BCUT2D eigenvalue weighted by Crippen LogP contribution is 2.26. The van der Waals surface area contributed by atoms with Gasteiger partial charge in [0, 0.05) is 29.4 Å². The van der Waals surface area contributed by atoms with Crippen LogP contribution in [0.3, 0.4) is 0 Å². The summed E-state index contributed by atoms with van der Waals surface area (Å²) in [6.07, 6.45) is 1.05. The molecule has 1 amide bonds. The molecule has 1 aromatic carbocycles. The Morgan fingerprint density at radius 2 is 2.16 bits per heavy atom. The summed E-state index contributed by atoms with van der Waals surface area (Å²) in [6.45, 7) is 3.86. The lowest BCUT2D eigenvalue weighted by Gasteiger charge is -2.27. The second-order valence-corrected chi connectivity index (χ2v) is 7.59. The molecule has 0 spiro atoms. The second kappa shape index (κ2) is 7.21. The van der Waals surface area contributed by atoms with Crippen molar-refractivity contribution in [3.63, 3.8) is 0 Å². The largest absolute Gasteiger partial charge is 0.346 e. The van der Waals surface area contributed by atoms with Gasteiger partial charge in [0.2, 0.25) is 5.91 Å². The van der Waals surface area contributed by atoms with Gasteiger partial charge in [-0.05, 0) is 19.9 Å². The van der Waals surface area contributed by atoms with E-state index in [4.69, 9.17) is 4.98 Å². The molecule has 25 heavy (non-hydrogen) atoms. The van der Waals surface area contributed by atoms with E-state index in [1.807, 2.05) is 42.6 Å². The maximum Gasteiger partial charge on any atom is 0.239 e. The van der Waals surface area contributed by atoms with Crippen LogP contribution >= 0.6 is 11.3 Å². The summed E-state index contributed by atoms with van der Waals surface area (Å²) in [6, 6.07) is 10.2. The fraction of sp³-hybridized carbons (Fsp3) is 0.444. The number of benzene rings is 1. The fourth-order valence-electron chi connectivity index (χ4n) is 3.57. The quantitative estimate of drug-likeness (QED) is 0.666. The van der Waals surface area contributed by atoms with Crippen molar-refractivity contribution in [2.24, 2.45) is 5.92 Å². The Morgan fingerprint density at radius 3 is 3.00 bits per heavy atom. The maximum absolute atomic E-state index is 12.7. The third kappa shape index (κ3) is 3.46. The summed E-state index contributed by atoms with van der Waals surface area (Å²) in [5.74, 6) is 0.324. The predicted molar refractivity (Wildman–Crippen MR) is 98.9 cm³/mol. The van der Waals surface area contributed by atoms with Crippen molar-refractivity contribution in [2.75, 3.05) is 13.1 Å². The van der Waals surface area contributed by atoms with Crippen molar-refractivity contribution in [2.45, 2.75) is 31.5 Å². The van der Waals surface area contributed by atoms with Gasteiger partial charge < -0.3 is 10.6 Å². The van der Waals surface area contributed by atoms with Crippen molar-refractivity contribution in [3.05, 3.63) is 40.7 Å². The zero-order valence-electron chi connectivity index (χ0n) is 14.2. The van der Waals surface area contributed by atoms with E-state index >= 15 is 0 Å². The van der Waals surface area contributed by atoms with Crippen LogP contribution in [0.1, 0.15) is 24.4 Å². The molecule has 0 saturated carbocycles. The van der Waals surface area contributed by atoms with Crippen molar-refractivity contribution >= 4 is 17.2 Å². The molecule has 2 aliphatic heterocycles. The van der Waals surface area contributed by atoms with E-state index in [-0.39, 0.29) is 23.9 Å². The van der Waals surface area contributed by atoms with E-state index < -0.39 is 0 Å². The van der Waals surface area contributed by atoms with Crippen molar-refractivity contribution in [1.29, 1.82) is 0 Å². The maximum atomic E-state index is 12.7. The molecule has 2 saturated heterocycles. The molecular formula is C18H23N5OS. The zero-order valence-corrected chi connectivity index (χ0v) is 15.0. The second-order valence-electron chi connectivity index (χ2n) is 6.70. The van der Waals surface area contributed by atoms with Gasteiger partial charge in [-0.3, -0.25) is 10.2 Å². The summed E-state index contributed by atoms with van der Waals surface area (Å²) in [5.41, 5.74) is 8.49. The van der Waals surface area contributed by atoms with Gasteiger partial charge in [-0.1, -0.05) is 30.3 Å². The molecule has 4 unspecified atom stereocenters. The first-order valence-electron chi connectivity index (χ1n) is 8.75. The standard InChI is InChI=1S/C18H23N5OS/c1-11(18-21-15(10-25-18)12-5-3-2-4-6-12)20-17(24)16-13-9-19-8-7-14(13)22-23-16/h2-6,10-11,13-14,16,19,22-23H,7-9H2,1H3,(H,20,24). The Labute approximate surface area is 151 Å². The van der Waals surface area contributed by atoms with Gasteiger partial charge in [-0.2, -0.15) is 0 Å². The third-order valence-corrected chi connectivity index (χ3v) is 6.01. The number of fused-ring (bicyclic) bond motifs is 1. The molecule has 132 valence electrons. The molecule has 7 heteroatoms. The number of aromatic nitrogens is 1. The van der Waals surface area contributed by atoms with Crippen LogP contribution in [0.15, 0.2) is 35.7 Å². The zero-order chi connectivity index (χ0) is 17.2. The average Bonchev–Trinajstić information content (AvgIpc) is 3.30. The van der Waals surface area contributed by atoms with Crippen molar-refractivity contribution < 1.29 is 4.79 Å². The minimum absolute atomic E-state index is 0.0349. The number of nitrogens with zero attached hydrogens (tertiary/aromatic N) is 1. The normalized spacial score (nSPS) is 26.8. The van der Waals surface area contributed by atoms with Crippen molar-refractivity contribution in [3.8, 4) is 11.3 Å². The number of hydrogen-bond donors (Lipinski definition) is 4. The van der Waals surface area contributed by atoms with E-state index in [1.165, 1.54) is 0 Å². The summed E-state index contributed by atoms with van der Waals surface area (Å²) < 4.78 is 0. The van der Waals surface area contributed by atoms with Gasteiger partial charge in [-0.25, -0.2) is 10.4 Å². The number of nitrogens with one attached hydrogen (secondary N) is 4. The Hall–Kier alpha value is -1.80. The molecule has 6 nitrogen and oxygen atoms in total. The predicted octanol–water partition coefficient (Wildman–Crippen LogP) is 1.44. The van der Waals surface area contributed by atoms with Crippen LogP contribution in [-0.2, 0) is 4.79 Å². The van der Waals surface area contributed by atoms with Gasteiger partial charge in [0.05, 0.1) is 11.7 Å². The molecule has 1 aromatic heterocycles. The molecule has 4 rings (SSSR count). The first-order chi connectivity index (χ1) is 12.2. The number of thiazole rings is 1. The Bertz CT molecular complexity index is 734. The van der Waals surface area contributed by atoms with Gasteiger partial charge in [0.1, 0.15) is 11.0 Å². The summed E-state index contributed by atoms with van der Waals surface area (Å²) in [4.78, 5) is 17.4. The van der Waals surface area contributed by atoms with E-state index in [0.717, 1.165) is 35.8 Å². The highest BCUT2D eigenvalue weighted by molar-refractivity contribution is 7.10. The van der Waals surface area contributed by atoms with Crippen LogP contribution in [0, 0.1) is 5.92 Å². The first kappa shape index (κ1) is 16.7. The highest BCUT2D eigenvalue weighted by Gasteiger charge is 2.41. The van der Waals surface area contributed by atoms with E-state index in [0.29, 0.717) is 6.04 Å². The molecule has 0 aliphatic carbocycles. The molecule has 3 heterocycles. The first-order valence-corrected chi connectivity index (χ1v) is 9.63. The summed E-state index contributed by atoms with van der Waals surface area (Å²) in [5, 5.41) is 9.46. The van der Waals surface area contributed by atoms with Crippen LogP contribution < -0.4 is 21.5 Å². The SMILES string of the molecule is CC(NC(=O)C1NNC2CCNCC21)c1nc(-c2ccccc2)cs1. The minimum atomic E-state index is -0.200. The number of rotatable bonds is 4. The third-order valence-electron chi connectivity index (χ3n) is 4.98. The molecule has 4 N–H and O–H groups in total. The van der Waals surface area contributed by atoms with E-state index in [1.54, 1.807) is 11.3 Å². The molecule has 2 fully saturated rings. The molecule has 4 atom stereocenters. The lowest BCUT2D eigenvalue weighted by atomic mass is 9.89. The van der Waals surface area contributed by atoms with Crippen LogP contribution in [0.4, 0.5) is 0 Å². The molecule has 0 bridgehead atoms. The van der Waals surface area contributed by atoms with Crippen LogP contribution in [0.25, 0.3) is 11.3 Å². The topological polar surface area (TPSA) is 78.1 Å². The Kier molecular flexibility index (Phi) is 4.80.